The minimum absolute atomic E-state index is 0.0112. The Bertz CT molecular complexity index is 588. The van der Waals surface area contributed by atoms with E-state index in [9.17, 15) is 0 Å². The molecular formula is C21H30OSi. The zero-order valence-electron chi connectivity index (χ0n) is 15.6. The number of hydrogen-bond acceptors (Lipinski definition) is 1. The molecule has 0 spiro atoms. The summed E-state index contributed by atoms with van der Waals surface area (Å²) in [6, 6.07) is 17.5. The second-order valence-corrected chi connectivity index (χ2v) is 12.8. The smallest absolute Gasteiger partial charge is 0.193 e. The van der Waals surface area contributed by atoms with Crippen LogP contribution in [-0.2, 0) is 4.43 Å². The Labute approximate surface area is 142 Å². The van der Waals surface area contributed by atoms with Gasteiger partial charge in [0.2, 0.25) is 0 Å². The van der Waals surface area contributed by atoms with Crippen LogP contribution in [0.4, 0.5) is 0 Å². The van der Waals surface area contributed by atoms with Crippen molar-refractivity contribution in [2.75, 3.05) is 0 Å². The van der Waals surface area contributed by atoms with Crippen LogP contribution in [0.2, 0.25) is 18.1 Å². The van der Waals surface area contributed by atoms with Gasteiger partial charge in [-0.3, -0.25) is 0 Å². The van der Waals surface area contributed by atoms with Crippen molar-refractivity contribution in [2.45, 2.75) is 58.9 Å². The molecule has 0 aliphatic heterocycles. The van der Waals surface area contributed by atoms with Crippen molar-refractivity contribution in [3.8, 4) is 0 Å². The number of rotatable bonds is 4. The fourth-order valence-electron chi connectivity index (χ4n) is 2.28. The first-order valence-corrected chi connectivity index (χ1v) is 11.3. The molecule has 2 aromatic carbocycles. The molecule has 2 rings (SSSR count). The summed E-state index contributed by atoms with van der Waals surface area (Å²) in [4.78, 5) is 0. The van der Waals surface area contributed by atoms with Gasteiger partial charge in [-0.15, -0.1) is 0 Å². The van der Waals surface area contributed by atoms with Crippen LogP contribution < -0.4 is 0 Å². The summed E-state index contributed by atoms with van der Waals surface area (Å²) in [5, 5.41) is 0.195. The van der Waals surface area contributed by atoms with Crippen LogP contribution in [0, 0.1) is 13.8 Å². The molecule has 124 valence electrons. The molecule has 0 aliphatic carbocycles. The summed E-state index contributed by atoms with van der Waals surface area (Å²) in [5.41, 5.74) is 5.04. The Morgan fingerprint density at radius 2 is 1.09 bits per heavy atom. The van der Waals surface area contributed by atoms with Crippen LogP contribution in [0.1, 0.15) is 49.1 Å². The molecule has 2 aromatic rings. The highest BCUT2D eigenvalue weighted by molar-refractivity contribution is 6.74. The Morgan fingerprint density at radius 1 is 0.739 bits per heavy atom. The standard InChI is InChI=1S/C21H30OSi/c1-16-8-12-18(13-9-16)20(19-14-10-17(2)11-15-19)22-23(6,7)21(3,4)5/h8-15,20H,1-7H3. The van der Waals surface area contributed by atoms with Crippen molar-refractivity contribution in [3.05, 3.63) is 70.8 Å². The Hall–Kier alpha value is -1.38. The highest BCUT2D eigenvalue weighted by Gasteiger charge is 2.39. The van der Waals surface area contributed by atoms with Crippen LogP contribution in [0.5, 0.6) is 0 Å². The van der Waals surface area contributed by atoms with Gasteiger partial charge in [-0.1, -0.05) is 80.4 Å². The maximum atomic E-state index is 6.79. The first-order valence-electron chi connectivity index (χ1n) is 8.41. The number of aryl methyl sites for hydroxylation is 2. The molecular weight excluding hydrogens is 296 g/mol. The van der Waals surface area contributed by atoms with Crippen molar-refractivity contribution in [3.63, 3.8) is 0 Å². The molecule has 2 heteroatoms. The normalized spacial score (nSPS) is 12.7. The van der Waals surface area contributed by atoms with Gasteiger partial charge in [-0.2, -0.15) is 0 Å². The van der Waals surface area contributed by atoms with E-state index < -0.39 is 8.32 Å². The van der Waals surface area contributed by atoms with E-state index in [4.69, 9.17) is 4.43 Å². The van der Waals surface area contributed by atoms with Crippen molar-refractivity contribution in [2.24, 2.45) is 0 Å². The van der Waals surface area contributed by atoms with Gasteiger partial charge in [-0.05, 0) is 43.1 Å². The maximum Gasteiger partial charge on any atom is 0.193 e. The zero-order valence-corrected chi connectivity index (χ0v) is 16.6. The maximum absolute atomic E-state index is 6.79. The third-order valence-electron chi connectivity index (χ3n) is 4.98. The van der Waals surface area contributed by atoms with Crippen molar-refractivity contribution < 1.29 is 4.43 Å². The van der Waals surface area contributed by atoms with Crippen LogP contribution in [0.25, 0.3) is 0 Å². The highest BCUT2D eigenvalue weighted by Crippen LogP contribution is 2.41. The molecule has 0 aromatic heterocycles. The van der Waals surface area contributed by atoms with Crippen LogP contribution in [0.3, 0.4) is 0 Å². The van der Waals surface area contributed by atoms with E-state index in [2.05, 4.69) is 96.2 Å². The lowest BCUT2D eigenvalue weighted by molar-refractivity contribution is 0.222. The lowest BCUT2D eigenvalue weighted by atomic mass is 10.00. The molecule has 0 aliphatic rings. The average Bonchev–Trinajstić information content (AvgIpc) is 2.46. The van der Waals surface area contributed by atoms with Gasteiger partial charge < -0.3 is 4.43 Å². The van der Waals surface area contributed by atoms with Gasteiger partial charge in [0.05, 0.1) is 6.10 Å². The molecule has 0 heterocycles. The molecule has 0 atom stereocenters. The molecule has 0 fully saturated rings. The summed E-state index contributed by atoms with van der Waals surface area (Å²) < 4.78 is 6.79. The van der Waals surface area contributed by atoms with E-state index in [0.717, 1.165) is 0 Å². The second kappa shape index (κ2) is 6.62. The molecule has 0 bridgehead atoms. The Morgan fingerprint density at radius 3 is 1.39 bits per heavy atom. The number of hydrogen-bond donors (Lipinski definition) is 0. The molecule has 0 saturated carbocycles. The zero-order chi connectivity index (χ0) is 17.3. The first kappa shape index (κ1) is 18.0. The molecule has 0 saturated heterocycles. The van der Waals surface area contributed by atoms with Gasteiger partial charge in [-0.25, -0.2) is 0 Å². The molecule has 1 nitrogen and oxygen atoms in total. The van der Waals surface area contributed by atoms with Crippen molar-refractivity contribution >= 4 is 8.32 Å². The predicted molar refractivity (Wildman–Crippen MR) is 102 cm³/mol. The third-order valence-corrected chi connectivity index (χ3v) is 9.42. The minimum Gasteiger partial charge on any atom is -0.406 e. The summed E-state index contributed by atoms with van der Waals surface area (Å²) in [7, 11) is -1.86. The fourth-order valence-corrected chi connectivity index (χ4v) is 3.50. The van der Waals surface area contributed by atoms with Gasteiger partial charge in [0.25, 0.3) is 0 Å². The van der Waals surface area contributed by atoms with Gasteiger partial charge in [0.1, 0.15) is 0 Å². The Kier molecular flexibility index (Phi) is 5.17. The fraction of sp³-hybridized carbons (Fsp3) is 0.429. The second-order valence-electron chi connectivity index (χ2n) is 8.08. The van der Waals surface area contributed by atoms with E-state index in [1.807, 2.05) is 0 Å². The summed E-state index contributed by atoms with van der Waals surface area (Å²) >= 11 is 0. The van der Waals surface area contributed by atoms with Crippen LogP contribution in [0.15, 0.2) is 48.5 Å². The van der Waals surface area contributed by atoms with Crippen LogP contribution >= 0.6 is 0 Å². The predicted octanol–water partition coefficient (Wildman–Crippen LogP) is 6.41. The summed E-state index contributed by atoms with van der Waals surface area (Å²) in [5.74, 6) is 0. The van der Waals surface area contributed by atoms with E-state index in [1.165, 1.54) is 22.3 Å². The lowest BCUT2D eigenvalue weighted by Crippen LogP contribution is -2.42. The average molecular weight is 327 g/mol. The summed E-state index contributed by atoms with van der Waals surface area (Å²) in [6.45, 7) is 15.8. The molecule has 0 amide bonds. The van der Waals surface area contributed by atoms with E-state index in [-0.39, 0.29) is 11.1 Å². The monoisotopic (exact) mass is 326 g/mol. The van der Waals surface area contributed by atoms with Crippen molar-refractivity contribution in [1.29, 1.82) is 0 Å². The van der Waals surface area contributed by atoms with Crippen LogP contribution in [-0.4, -0.2) is 8.32 Å². The third kappa shape index (κ3) is 4.33. The first-order chi connectivity index (χ1) is 10.6. The molecule has 0 N–H and O–H groups in total. The van der Waals surface area contributed by atoms with E-state index in [0.29, 0.717) is 0 Å². The lowest BCUT2D eigenvalue weighted by Gasteiger charge is -2.39. The molecule has 0 unspecified atom stereocenters. The van der Waals surface area contributed by atoms with E-state index in [1.54, 1.807) is 0 Å². The largest absolute Gasteiger partial charge is 0.406 e. The van der Waals surface area contributed by atoms with Gasteiger partial charge >= 0.3 is 0 Å². The van der Waals surface area contributed by atoms with Crippen molar-refractivity contribution in [1.82, 2.24) is 0 Å². The minimum atomic E-state index is -1.86. The molecule has 0 radical (unpaired) electrons. The van der Waals surface area contributed by atoms with Gasteiger partial charge in [0, 0.05) is 0 Å². The highest BCUT2D eigenvalue weighted by atomic mass is 28.4. The SMILES string of the molecule is Cc1ccc(C(O[Si](C)(C)C(C)(C)C)c2ccc(C)cc2)cc1. The van der Waals surface area contributed by atoms with E-state index >= 15 is 0 Å². The topological polar surface area (TPSA) is 9.23 Å². The quantitative estimate of drug-likeness (QED) is 0.589. The Balaban J connectivity index is 2.43. The summed E-state index contributed by atoms with van der Waals surface area (Å²) in [6.07, 6.45) is 0.0112. The number of benzene rings is 2. The van der Waals surface area contributed by atoms with Gasteiger partial charge in [0.15, 0.2) is 8.32 Å². The molecule has 23 heavy (non-hydrogen) atoms.